The molecule has 3 aliphatic heterocycles. The molecule has 3 amide bonds. The first kappa shape index (κ1) is 25.0. The fourth-order valence-corrected chi connectivity index (χ4v) is 4.68. The number of aromatic nitrogens is 2. The molecule has 36 heavy (non-hydrogen) atoms. The second kappa shape index (κ2) is 11.5. The SMILES string of the molecule is COc1cccc(CNC(=O)Nc2ccc3[nH]nc(C(=O)N4CCN5CCC4CC5)c3c2)c1.O=CO. The summed E-state index contributed by atoms with van der Waals surface area (Å²) in [6.07, 6.45) is 2.02. The molecule has 0 unspecified atom stereocenters. The first-order valence-electron chi connectivity index (χ1n) is 11.8. The highest BCUT2D eigenvalue weighted by molar-refractivity contribution is 6.06. The van der Waals surface area contributed by atoms with E-state index in [4.69, 9.17) is 14.6 Å². The van der Waals surface area contributed by atoms with Crippen molar-refractivity contribution < 1.29 is 24.2 Å². The van der Waals surface area contributed by atoms with Crippen LogP contribution in [0, 0.1) is 0 Å². The summed E-state index contributed by atoms with van der Waals surface area (Å²) < 4.78 is 5.22. The number of ether oxygens (including phenoxy) is 1. The number of carbonyl (C=O) groups is 3. The molecule has 3 saturated heterocycles. The monoisotopic (exact) mass is 494 g/mol. The Labute approximate surface area is 208 Å². The molecule has 0 atom stereocenters. The largest absolute Gasteiger partial charge is 0.497 e. The predicted octanol–water partition coefficient (Wildman–Crippen LogP) is 2.51. The number of carboxylic acid groups (broad SMARTS) is 1. The lowest BCUT2D eigenvalue weighted by Crippen LogP contribution is -2.41. The van der Waals surface area contributed by atoms with Crippen molar-refractivity contribution in [3.63, 3.8) is 0 Å². The van der Waals surface area contributed by atoms with Gasteiger partial charge in [-0.25, -0.2) is 4.79 Å². The van der Waals surface area contributed by atoms with Gasteiger partial charge in [-0.15, -0.1) is 0 Å². The molecular weight excluding hydrogens is 464 g/mol. The molecule has 0 saturated carbocycles. The number of aromatic amines is 1. The molecule has 0 aliphatic carbocycles. The number of H-pyrrole nitrogens is 1. The molecule has 11 nitrogen and oxygen atoms in total. The van der Waals surface area contributed by atoms with Gasteiger partial charge >= 0.3 is 6.03 Å². The van der Waals surface area contributed by atoms with Crippen LogP contribution in [0.15, 0.2) is 42.5 Å². The Morgan fingerprint density at radius 2 is 1.94 bits per heavy atom. The molecule has 11 heteroatoms. The average molecular weight is 495 g/mol. The maximum atomic E-state index is 13.4. The molecule has 3 aliphatic rings. The van der Waals surface area contributed by atoms with Crippen molar-refractivity contribution in [3.05, 3.63) is 53.7 Å². The summed E-state index contributed by atoms with van der Waals surface area (Å²) in [7, 11) is 1.61. The van der Waals surface area contributed by atoms with Gasteiger partial charge in [0.1, 0.15) is 5.75 Å². The van der Waals surface area contributed by atoms with Gasteiger partial charge in [-0.2, -0.15) is 5.10 Å². The molecule has 0 radical (unpaired) electrons. The molecule has 2 aromatic carbocycles. The predicted molar refractivity (Wildman–Crippen MR) is 134 cm³/mol. The molecular formula is C25H30N6O5. The van der Waals surface area contributed by atoms with Gasteiger partial charge < -0.3 is 30.3 Å². The Balaban J connectivity index is 0.000000967. The van der Waals surface area contributed by atoms with Crippen LogP contribution in [0.3, 0.4) is 0 Å². The highest BCUT2D eigenvalue weighted by Crippen LogP contribution is 2.26. The number of amides is 3. The van der Waals surface area contributed by atoms with Crippen molar-refractivity contribution in [2.45, 2.75) is 25.4 Å². The van der Waals surface area contributed by atoms with E-state index in [2.05, 4.69) is 25.7 Å². The standard InChI is InChI=1S/C24H28N6O3.CH2O2/c1-33-19-4-2-3-16(13-19)15-25-24(32)26-17-5-6-21-20(14-17)22(28-27-21)23(31)30-12-11-29-9-7-18(30)8-10-29;2-1-3/h2-6,13-14,18H,7-12,15H2,1H3,(H,27,28)(H2,25,26,32);1H,(H,2,3). The maximum Gasteiger partial charge on any atom is 0.319 e. The molecule has 4 N–H and O–H groups in total. The summed E-state index contributed by atoms with van der Waals surface area (Å²) in [5.41, 5.74) is 2.71. The van der Waals surface area contributed by atoms with Crippen molar-refractivity contribution in [1.82, 2.24) is 25.3 Å². The van der Waals surface area contributed by atoms with Gasteiger partial charge in [0.25, 0.3) is 12.4 Å². The molecule has 4 heterocycles. The second-order valence-electron chi connectivity index (χ2n) is 8.67. The van der Waals surface area contributed by atoms with Crippen LogP contribution >= 0.6 is 0 Å². The zero-order valence-corrected chi connectivity index (χ0v) is 20.1. The van der Waals surface area contributed by atoms with Gasteiger partial charge in [0, 0.05) is 49.8 Å². The fraction of sp³-hybridized carbons (Fsp3) is 0.360. The van der Waals surface area contributed by atoms with Crippen LogP contribution < -0.4 is 15.4 Å². The van der Waals surface area contributed by atoms with Gasteiger partial charge in [0.05, 0.1) is 12.6 Å². The van der Waals surface area contributed by atoms with Crippen LogP contribution in [0.4, 0.5) is 10.5 Å². The van der Waals surface area contributed by atoms with Crippen molar-refractivity contribution in [1.29, 1.82) is 0 Å². The number of rotatable bonds is 5. The average Bonchev–Trinajstić information content (AvgIpc) is 3.07. The van der Waals surface area contributed by atoms with E-state index in [1.54, 1.807) is 19.2 Å². The van der Waals surface area contributed by atoms with Crippen LogP contribution in [0.1, 0.15) is 28.9 Å². The van der Waals surface area contributed by atoms with E-state index < -0.39 is 0 Å². The summed E-state index contributed by atoms with van der Waals surface area (Å²) in [4.78, 5) is 38.6. The number of carbonyl (C=O) groups excluding carboxylic acids is 2. The number of fused-ring (bicyclic) bond motifs is 5. The van der Waals surface area contributed by atoms with Crippen LogP contribution in [-0.4, -0.2) is 82.8 Å². The van der Waals surface area contributed by atoms with E-state index in [9.17, 15) is 9.59 Å². The summed E-state index contributed by atoms with van der Waals surface area (Å²) in [5.74, 6) is 0.696. The molecule has 3 aromatic rings. The zero-order valence-electron chi connectivity index (χ0n) is 20.1. The van der Waals surface area contributed by atoms with Crippen LogP contribution in [0.25, 0.3) is 10.9 Å². The first-order valence-corrected chi connectivity index (χ1v) is 11.8. The van der Waals surface area contributed by atoms with Crippen LogP contribution in [0.5, 0.6) is 5.75 Å². The normalized spacial score (nSPS) is 18.5. The zero-order chi connectivity index (χ0) is 25.5. The number of benzene rings is 2. The van der Waals surface area contributed by atoms with Crippen LogP contribution in [0.2, 0.25) is 0 Å². The third-order valence-electron chi connectivity index (χ3n) is 6.53. The molecule has 3 fully saturated rings. The second-order valence-corrected chi connectivity index (χ2v) is 8.67. The summed E-state index contributed by atoms with van der Waals surface area (Å²) >= 11 is 0. The van der Waals surface area contributed by atoms with E-state index >= 15 is 0 Å². The van der Waals surface area contributed by atoms with E-state index in [1.165, 1.54) is 0 Å². The minimum atomic E-state index is -0.327. The van der Waals surface area contributed by atoms with E-state index in [0.717, 1.165) is 55.9 Å². The Morgan fingerprint density at radius 3 is 2.69 bits per heavy atom. The van der Waals surface area contributed by atoms with Crippen molar-refractivity contribution in [3.8, 4) is 5.75 Å². The van der Waals surface area contributed by atoms with Gasteiger partial charge in [-0.05, 0) is 48.7 Å². The number of piperidine rings is 1. The Bertz CT molecular complexity index is 1220. The van der Waals surface area contributed by atoms with Crippen molar-refractivity contribution >= 4 is 35.0 Å². The Hall–Kier alpha value is -4.12. The van der Waals surface area contributed by atoms with Crippen LogP contribution in [-0.2, 0) is 11.3 Å². The van der Waals surface area contributed by atoms with Crippen molar-refractivity contribution in [2.75, 3.05) is 38.6 Å². The Kier molecular flexibility index (Phi) is 8.01. The summed E-state index contributed by atoms with van der Waals surface area (Å²) in [5, 5.41) is 20.6. The summed E-state index contributed by atoms with van der Waals surface area (Å²) in [6, 6.07) is 12.9. The third-order valence-corrected chi connectivity index (χ3v) is 6.53. The van der Waals surface area contributed by atoms with E-state index in [-0.39, 0.29) is 24.5 Å². The third kappa shape index (κ3) is 5.74. The molecule has 190 valence electrons. The number of hydrogen-bond acceptors (Lipinski definition) is 6. The van der Waals surface area contributed by atoms with Gasteiger partial charge in [0.15, 0.2) is 5.69 Å². The van der Waals surface area contributed by atoms with Gasteiger partial charge in [-0.3, -0.25) is 14.7 Å². The summed E-state index contributed by atoms with van der Waals surface area (Å²) in [6.45, 7) is 3.85. The fourth-order valence-electron chi connectivity index (χ4n) is 4.68. The highest BCUT2D eigenvalue weighted by Gasteiger charge is 2.33. The Morgan fingerprint density at radius 1 is 1.17 bits per heavy atom. The number of urea groups is 1. The lowest BCUT2D eigenvalue weighted by molar-refractivity contribution is -0.122. The van der Waals surface area contributed by atoms with Gasteiger partial charge in [-0.1, -0.05) is 12.1 Å². The van der Waals surface area contributed by atoms with Crippen molar-refractivity contribution in [2.24, 2.45) is 0 Å². The number of methoxy groups -OCH3 is 1. The minimum Gasteiger partial charge on any atom is -0.497 e. The lowest BCUT2D eigenvalue weighted by atomic mass is 10.0. The molecule has 6 rings (SSSR count). The number of nitrogens with one attached hydrogen (secondary N) is 3. The van der Waals surface area contributed by atoms with Gasteiger partial charge in [0.2, 0.25) is 0 Å². The van der Waals surface area contributed by atoms with E-state index in [1.807, 2.05) is 35.2 Å². The lowest BCUT2D eigenvalue weighted by Gasteiger charge is -2.31. The maximum absolute atomic E-state index is 13.4. The quantitative estimate of drug-likeness (QED) is 0.400. The number of anilines is 1. The smallest absolute Gasteiger partial charge is 0.319 e. The first-order chi connectivity index (χ1) is 17.5. The molecule has 2 bridgehead atoms. The number of nitrogens with zero attached hydrogens (tertiary/aromatic N) is 3. The highest BCUT2D eigenvalue weighted by atomic mass is 16.5. The van der Waals surface area contributed by atoms with E-state index in [0.29, 0.717) is 23.3 Å². The number of hydrogen-bond donors (Lipinski definition) is 4. The molecule has 1 aromatic heterocycles. The topological polar surface area (TPSA) is 140 Å². The minimum absolute atomic E-state index is 0.0466. The molecule has 0 spiro atoms.